The Morgan fingerprint density at radius 2 is 1.97 bits per heavy atom. The molecule has 7 heteroatoms. The van der Waals surface area contributed by atoms with E-state index in [0.717, 1.165) is 71.1 Å². The number of rotatable bonds is 8. The summed E-state index contributed by atoms with van der Waals surface area (Å²) in [7, 11) is 0. The number of benzene rings is 1. The molecule has 2 heterocycles. The zero-order valence-electron chi connectivity index (χ0n) is 19.3. The van der Waals surface area contributed by atoms with Gasteiger partial charge in [-0.3, -0.25) is 9.69 Å². The number of anilines is 1. The van der Waals surface area contributed by atoms with Crippen molar-refractivity contribution in [1.29, 1.82) is 0 Å². The summed E-state index contributed by atoms with van der Waals surface area (Å²) in [5, 5.41) is 0.823. The second-order valence-corrected chi connectivity index (χ2v) is 11.4. The van der Waals surface area contributed by atoms with E-state index < -0.39 is 0 Å². The van der Waals surface area contributed by atoms with Gasteiger partial charge in [-0.05, 0) is 81.8 Å². The summed E-state index contributed by atoms with van der Waals surface area (Å²) < 4.78 is 8.99. The van der Waals surface area contributed by atoms with E-state index in [9.17, 15) is 4.79 Å². The van der Waals surface area contributed by atoms with Crippen LogP contribution in [0.5, 0.6) is 5.75 Å². The second kappa shape index (κ2) is 8.42. The molecule has 4 bridgehead atoms. The van der Waals surface area contributed by atoms with Crippen LogP contribution in [0.2, 0.25) is 0 Å². The summed E-state index contributed by atoms with van der Waals surface area (Å²) >= 11 is 1.62. The number of ether oxygens (including phenoxy) is 1. The van der Waals surface area contributed by atoms with Crippen LogP contribution < -0.4 is 9.64 Å². The Kier molecular flexibility index (Phi) is 5.40. The number of thiazole rings is 1. The van der Waals surface area contributed by atoms with Crippen molar-refractivity contribution in [2.24, 2.45) is 23.2 Å². The van der Waals surface area contributed by atoms with E-state index in [2.05, 4.69) is 15.6 Å². The number of carbonyl (C=O) groups excluding carboxylic acids is 1. The highest BCUT2D eigenvalue weighted by molar-refractivity contribution is 7.22. The van der Waals surface area contributed by atoms with Crippen LogP contribution in [0.1, 0.15) is 51.9 Å². The lowest BCUT2D eigenvalue weighted by molar-refractivity contribution is -0.143. The topological polar surface area (TPSA) is 60.2 Å². The minimum Gasteiger partial charge on any atom is -0.492 e. The van der Waals surface area contributed by atoms with Crippen molar-refractivity contribution in [2.75, 3.05) is 18.1 Å². The number of para-hydroxylation sites is 1. The van der Waals surface area contributed by atoms with Crippen LogP contribution in [0.3, 0.4) is 0 Å². The summed E-state index contributed by atoms with van der Waals surface area (Å²) in [4.78, 5) is 25.5. The number of aromatic nitrogens is 3. The highest BCUT2D eigenvalue weighted by Gasteiger charge is 2.56. The Labute approximate surface area is 199 Å². The van der Waals surface area contributed by atoms with Crippen molar-refractivity contribution in [2.45, 2.75) is 58.4 Å². The fourth-order valence-electron chi connectivity index (χ4n) is 7.07. The van der Waals surface area contributed by atoms with Gasteiger partial charge in [0, 0.05) is 25.5 Å². The predicted octanol–water partition coefficient (Wildman–Crippen LogP) is 5.53. The summed E-state index contributed by atoms with van der Waals surface area (Å²) in [6, 6.07) is 6.07. The Bertz CT molecular complexity index is 1100. The molecule has 0 saturated heterocycles. The maximum Gasteiger partial charge on any atom is 0.235 e. The number of hydrogen-bond acceptors (Lipinski definition) is 5. The molecule has 1 aromatic carbocycles. The molecular weight excluding hydrogens is 432 g/mol. The molecule has 0 atom stereocenters. The van der Waals surface area contributed by atoms with Gasteiger partial charge in [-0.25, -0.2) is 9.97 Å². The Morgan fingerprint density at radius 3 is 2.64 bits per heavy atom. The Morgan fingerprint density at radius 1 is 1.21 bits per heavy atom. The molecule has 1 amide bonds. The molecule has 4 fully saturated rings. The summed E-state index contributed by atoms with van der Waals surface area (Å²) in [6.45, 7) is 4.13. The van der Waals surface area contributed by atoms with Crippen molar-refractivity contribution in [3.05, 3.63) is 36.9 Å². The molecular formula is C26H32N4O2S. The van der Waals surface area contributed by atoms with E-state index in [1.807, 2.05) is 36.5 Å². The van der Waals surface area contributed by atoms with Crippen LogP contribution in [0.4, 0.5) is 5.13 Å². The van der Waals surface area contributed by atoms with Crippen molar-refractivity contribution in [3.63, 3.8) is 0 Å². The first-order chi connectivity index (χ1) is 16.1. The monoisotopic (exact) mass is 464 g/mol. The van der Waals surface area contributed by atoms with E-state index in [4.69, 9.17) is 9.72 Å². The average Bonchev–Trinajstić information content (AvgIpc) is 3.46. The van der Waals surface area contributed by atoms with Crippen molar-refractivity contribution in [3.8, 4) is 5.75 Å². The van der Waals surface area contributed by atoms with Crippen molar-refractivity contribution >= 4 is 32.6 Å². The third kappa shape index (κ3) is 3.84. The minimum absolute atomic E-state index is 0.176. The standard InChI is InChI=1S/C26H32N4O2S/c1-2-32-21-5-3-6-22-23(21)28-25(33-22)30(9-4-8-29-10-7-27-17-29)24(31)26-14-18-11-19(15-26)13-20(12-18)16-26/h3,5-7,10,17-20H,2,4,8-9,11-16H2,1H3. The summed E-state index contributed by atoms with van der Waals surface area (Å²) in [6.07, 6.45) is 13.8. The third-order valence-electron chi connectivity index (χ3n) is 8.00. The highest BCUT2D eigenvalue weighted by Crippen LogP contribution is 2.60. The first-order valence-electron chi connectivity index (χ1n) is 12.4. The quantitative estimate of drug-likeness (QED) is 0.440. The van der Waals surface area contributed by atoms with Gasteiger partial charge in [0.05, 0.1) is 23.0 Å². The van der Waals surface area contributed by atoms with Crippen molar-refractivity contribution in [1.82, 2.24) is 14.5 Å². The number of amides is 1. The molecule has 0 radical (unpaired) electrons. The Balaban J connectivity index is 1.32. The Hall–Kier alpha value is -2.41. The number of imidazole rings is 1. The van der Waals surface area contributed by atoms with Crippen LogP contribution in [-0.4, -0.2) is 33.6 Å². The molecule has 0 N–H and O–H groups in total. The minimum atomic E-state index is -0.176. The zero-order chi connectivity index (χ0) is 22.4. The lowest BCUT2D eigenvalue weighted by Gasteiger charge is -2.56. The molecule has 4 aliphatic rings. The molecule has 7 rings (SSSR count). The molecule has 33 heavy (non-hydrogen) atoms. The normalized spacial score (nSPS) is 27.8. The maximum atomic E-state index is 14.3. The fourth-order valence-corrected chi connectivity index (χ4v) is 8.08. The molecule has 0 unspecified atom stereocenters. The van der Waals surface area contributed by atoms with Gasteiger partial charge in [0.2, 0.25) is 5.91 Å². The van der Waals surface area contributed by atoms with Gasteiger partial charge in [0.25, 0.3) is 0 Å². The summed E-state index contributed by atoms with van der Waals surface area (Å²) in [5.74, 6) is 3.36. The van der Waals surface area contributed by atoms with Gasteiger partial charge in [0.15, 0.2) is 5.13 Å². The van der Waals surface area contributed by atoms with Crippen molar-refractivity contribution < 1.29 is 9.53 Å². The molecule has 4 aliphatic carbocycles. The number of fused-ring (bicyclic) bond motifs is 1. The SMILES string of the molecule is CCOc1cccc2sc(N(CCCn3ccnc3)C(=O)C34CC5CC(CC(C5)C3)C4)nc12. The van der Waals surface area contributed by atoms with Crippen LogP contribution in [-0.2, 0) is 11.3 Å². The van der Waals surface area contributed by atoms with Crippen LogP contribution in [0, 0.1) is 23.2 Å². The average molecular weight is 465 g/mol. The zero-order valence-corrected chi connectivity index (χ0v) is 20.1. The third-order valence-corrected chi connectivity index (χ3v) is 9.04. The first kappa shape index (κ1) is 21.1. The molecule has 3 aromatic rings. The fraction of sp³-hybridized carbons (Fsp3) is 0.577. The molecule has 6 nitrogen and oxygen atoms in total. The lowest BCUT2D eigenvalue weighted by Crippen LogP contribution is -2.55. The molecule has 4 saturated carbocycles. The van der Waals surface area contributed by atoms with E-state index in [-0.39, 0.29) is 5.41 Å². The van der Waals surface area contributed by atoms with Crippen LogP contribution in [0.25, 0.3) is 10.2 Å². The van der Waals surface area contributed by atoms with E-state index in [1.54, 1.807) is 17.5 Å². The van der Waals surface area contributed by atoms with Gasteiger partial charge >= 0.3 is 0 Å². The number of carbonyl (C=O) groups is 1. The summed E-state index contributed by atoms with van der Waals surface area (Å²) in [5.41, 5.74) is 0.696. The maximum absolute atomic E-state index is 14.3. The van der Waals surface area contributed by atoms with Crippen LogP contribution >= 0.6 is 11.3 Å². The lowest BCUT2D eigenvalue weighted by atomic mass is 9.49. The van der Waals surface area contributed by atoms with Gasteiger partial charge in [-0.15, -0.1) is 0 Å². The predicted molar refractivity (Wildman–Crippen MR) is 131 cm³/mol. The van der Waals surface area contributed by atoms with E-state index >= 15 is 0 Å². The molecule has 174 valence electrons. The number of nitrogens with zero attached hydrogens (tertiary/aromatic N) is 4. The van der Waals surface area contributed by atoms with E-state index in [0.29, 0.717) is 19.1 Å². The molecule has 0 spiro atoms. The second-order valence-electron chi connectivity index (χ2n) is 10.3. The smallest absolute Gasteiger partial charge is 0.235 e. The van der Waals surface area contributed by atoms with Gasteiger partial charge in [-0.1, -0.05) is 17.4 Å². The van der Waals surface area contributed by atoms with Crippen LogP contribution in [0.15, 0.2) is 36.9 Å². The molecule has 0 aliphatic heterocycles. The number of aryl methyl sites for hydroxylation is 1. The van der Waals surface area contributed by atoms with Gasteiger partial charge < -0.3 is 9.30 Å². The molecule has 2 aromatic heterocycles. The number of hydrogen-bond donors (Lipinski definition) is 0. The van der Waals surface area contributed by atoms with Gasteiger partial charge in [0.1, 0.15) is 11.3 Å². The van der Waals surface area contributed by atoms with E-state index in [1.165, 1.54) is 19.3 Å². The first-order valence-corrected chi connectivity index (χ1v) is 13.3. The van der Waals surface area contributed by atoms with Gasteiger partial charge in [-0.2, -0.15) is 0 Å². The highest BCUT2D eigenvalue weighted by atomic mass is 32.1. The largest absolute Gasteiger partial charge is 0.492 e.